The third kappa shape index (κ3) is 3.45. The highest BCUT2D eigenvalue weighted by Gasteiger charge is 2.38. The predicted octanol–water partition coefficient (Wildman–Crippen LogP) is 3.49. The molecule has 0 amide bonds. The van der Waals surface area contributed by atoms with Gasteiger partial charge in [-0.05, 0) is 37.4 Å². The molecule has 3 atom stereocenters. The molecule has 2 bridgehead atoms. The molecule has 1 unspecified atom stereocenters. The lowest BCUT2D eigenvalue weighted by Crippen LogP contribution is -2.25. The molecule has 3 heterocycles. The predicted molar refractivity (Wildman–Crippen MR) is 95.9 cm³/mol. The minimum atomic E-state index is 0.584. The fourth-order valence-electron chi connectivity index (χ4n) is 3.60. The maximum atomic E-state index is 4.63. The van der Waals surface area contributed by atoms with Gasteiger partial charge in [0.05, 0.1) is 23.2 Å². The number of hydrogen-bond donors (Lipinski definition) is 0. The van der Waals surface area contributed by atoms with Gasteiger partial charge >= 0.3 is 0 Å². The highest BCUT2D eigenvalue weighted by molar-refractivity contribution is 7.99. The molecule has 0 aliphatic carbocycles. The van der Waals surface area contributed by atoms with Crippen molar-refractivity contribution in [2.45, 2.75) is 23.8 Å². The highest BCUT2D eigenvalue weighted by atomic mass is 32.2. The summed E-state index contributed by atoms with van der Waals surface area (Å²) in [5.74, 6) is 8.59. The Kier molecular flexibility index (Phi) is 4.65. The second kappa shape index (κ2) is 7.04. The van der Waals surface area contributed by atoms with Crippen LogP contribution in [0.3, 0.4) is 0 Å². The molecule has 2 aliphatic rings. The molecule has 4 rings (SSSR count). The van der Waals surface area contributed by atoms with E-state index in [1.165, 1.54) is 49.9 Å². The first-order valence-corrected chi connectivity index (χ1v) is 9.83. The fraction of sp³-hybridized carbons (Fsp3) is 0.444. The summed E-state index contributed by atoms with van der Waals surface area (Å²) in [6.45, 7) is 3.68. The van der Waals surface area contributed by atoms with Crippen LogP contribution >= 0.6 is 23.5 Å². The average molecular weight is 342 g/mol. The summed E-state index contributed by atoms with van der Waals surface area (Å²) in [7, 11) is 0. The van der Waals surface area contributed by atoms with Crippen LogP contribution in [0.5, 0.6) is 0 Å². The van der Waals surface area contributed by atoms with Crippen molar-refractivity contribution >= 4 is 23.5 Å². The SMILES string of the molecule is C(#Cc1ccccc1)CSc1nsnc1[C@@H]1CN2CCC[C@H]1C2. The van der Waals surface area contributed by atoms with Crippen LogP contribution in [0.15, 0.2) is 35.4 Å². The van der Waals surface area contributed by atoms with Crippen LogP contribution in [-0.4, -0.2) is 39.0 Å². The van der Waals surface area contributed by atoms with Crippen LogP contribution in [0.2, 0.25) is 0 Å². The van der Waals surface area contributed by atoms with Gasteiger partial charge in [-0.15, -0.1) is 0 Å². The zero-order valence-corrected chi connectivity index (χ0v) is 14.6. The largest absolute Gasteiger partial charge is 0.302 e. The van der Waals surface area contributed by atoms with Crippen molar-refractivity contribution in [1.82, 2.24) is 13.6 Å². The Hall–Kier alpha value is -1.35. The molecule has 118 valence electrons. The van der Waals surface area contributed by atoms with Crippen molar-refractivity contribution in [2.24, 2.45) is 5.92 Å². The standard InChI is InChI=1S/C18H19N3S2/c1-2-6-14(7-3-1)8-5-11-22-18-17(19-23-20-18)16-13-21-10-4-9-15(16)12-21/h1-3,6-7,15-16H,4,9-13H2/t15-,16+/m0/s1. The zero-order valence-electron chi connectivity index (χ0n) is 12.9. The molecule has 3 nitrogen and oxygen atoms in total. The third-order valence-electron chi connectivity index (χ3n) is 4.69. The molecule has 5 heteroatoms. The van der Waals surface area contributed by atoms with Crippen LogP contribution in [0.4, 0.5) is 0 Å². The molecule has 0 radical (unpaired) electrons. The molecule has 1 aromatic carbocycles. The lowest BCUT2D eigenvalue weighted by molar-refractivity contribution is 0.269. The first-order valence-electron chi connectivity index (χ1n) is 8.11. The van der Waals surface area contributed by atoms with Crippen molar-refractivity contribution in [2.75, 3.05) is 25.4 Å². The van der Waals surface area contributed by atoms with Crippen molar-refractivity contribution in [3.8, 4) is 11.8 Å². The van der Waals surface area contributed by atoms with E-state index in [9.17, 15) is 0 Å². The summed E-state index contributed by atoms with van der Waals surface area (Å²) in [4.78, 5) is 2.59. The van der Waals surface area contributed by atoms with E-state index in [2.05, 4.69) is 25.5 Å². The lowest BCUT2D eigenvalue weighted by atomic mass is 9.89. The second-order valence-corrected chi connectivity index (χ2v) is 7.67. The molecule has 2 fully saturated rings. The first kappa shape index (κ1) is 15.2. The second-order valence-electron chi connectivity index (χ2n) is 6.18. The van der Waals surface area contributed by atoms with Crippen LogP contribution in [0, 0.1) is 17.8 Å². The third-order valence-corrected chi connectivity index (χ3v) is 6.21. The van der Waals surface area contributed by atoms with Gasteiger partial charge in [-0.25, -0.2) is 0 Å². The maximum Gasteiger partial charge on any atom is 0.134 e. The van der Waals surface area contributed by atoms with Crippen molar-refractivity contribution in [3.05, 3.63) is 41.6 Å². The smallest absolute Gasteiger partial charge is 0.134 e. The van der Waals surface area contributed by atoms with Crippen LogP contribution < -0.4 is 0 Å². The number of nitrogens with zero attached hydrogens (tertiary/aromatic N) is 3. The van der Waals surface area contributed by atoms with Gasteiger partial charge in [0, 0.05) is 24.6 Å². The summed E-state index contributed by atoms with van der Waals surface area (Å²) >= 11 is 3.09. The molecular weight excluding hydrogens is 322 g/mol. The zero-order chi connectivity index (χ0) is 15.5. The van der Waals surface area contributed by atoms with Gasteiger partial charge in [0.15, 0.2) is 0 Å². The Morgan fingerprint density at radius 3 is 3.00 bits per heavy atom. The number of thioether (sulfide) groups is 1. The van der Waals surface area contributed by atoms with Gasteiger partial charge in [0.1, 0.15) is 5.03 Å². The summed E-state index contributed by atoms with van der Waals surface area (Å²) in [6.07, 6.45) is 2.68. The number of fused-ring (bicyclic) bond motifs is 2. The van der Waals surface area contributed by atoms with E-state index in [1.807, 2.05) is 30.3 Å². The van der Waals surface area contributed by atoms with Crippen LogP contribution in [-0.2, 0) is 0 Å². The molecule has 0 saturated carbocycles. The van der Waals surface area contributed by atoms with Gasteiger partial charge in [0.25, 0.3) is 0 Å². The Labute approximate surface area is 145 Å². The average Bonchev–Trinajstić information content (AvgIpc) is 3.16. The number of benzene rings is 1. The van der Waals surface area contributed by atoms with Gasteiger partial charge < -0.3 is 4.90 Å². The van der Waals surface area contributed by atoms with Gasteiger partial charge in [0.2, 0.25) is 0 Å². The van der Waals surface area contributed by atoms with Gasteiger partial charge in [-0.3, -0.25) is 0 Å². The van der Waals surface area contributed by atoms with E-state index in [0.717, 1.165) is 22.3 Å². The number of hydrogen-bond acceptors (Lipinski definition) is 5. The van der Waals surface area contributed by atoms with Crippen molar-refractivity contribution < 1.29 is 0 Å². The first-order chi connectivity index (χ1) is 11.4. The Morgan fingerprint density at radius 1 is 1.22 bits per heavy atom. The van der Waals surface area contributed by atoms with Gasteiger partial charge in [-0.2, -0.15) is 8.75 Å². The summed E-state index contributed by atoms with van der Waals surface area (Å²) in [6, 6.07) is 10.1. The molecule has 2 saturated heterocycles. The van der Waals surface area contributed by atoms with E-state index in [4.69, 9.17) is 0 Å². The number of rotatable bonds is 3. The molecule has 2 aliphatic heterocycles. The molecule has 23 heavy (non-hydrogen) atoms. The van der Waals surface area contributed by atoms with Crippen LogP contribution in [0.25, 0.3) is 0 Å². The minimum Gasteiger partial charge on any atom is -0.302 e. The molecule has 2 aromatic rings. The minimum absolute atomic E-state index is 0.584. The van der Waals surface area contributed by atoms with E-state index < -0.39 is 0 Å². The fourth-order valence-corrected chi connectivity index (χ4v) is 5.11. The van der Waals surface area contributed by atoms with E-state index in [0.29, 0.717) is 5.92 Å². The molecule has 0 N–H and O–H groups in total. The van der Waals surface area contributed by atoms with E-state index >= 15 is 0 Å². The van der Waals surface area contributed by atoms with Crippen LogP contribution in [0.1, 0.15) is 30.0 Å². The Bertz CT molecular complexity index is 717. The van der Waals surface area contributed by atoms with Crippen molar-refractivity contribution in [3.63, 3.8) is 0 Å². The van der Waals surface area contributed by atoms with Crippen molar-refractivity contribution in [1.29, 1.82) is 0 Å². The molecule has 1 aromatic heterocycles. The monoisotopic (exact) mass is 341 g/mol. The highest BCUT2D eigenvalue weighted by Crippen LogP contribution is 2.41. The normalized spacial score (nSPS) is 25.8. The summed E-state index contributed by atoms with van der Waals surface area (Å²) < 4.78 is 9.16. The number of aromatic nitrogens is 2. The molecular formula is C18H19N3S2. The van der Waals surface area contributed by atoms with E-state index in [-0.39, 0.29) is 0 Å². The van der Waals surface area contributed by atoms with Gasteiger partial charge in [-0.1, -0.05) is 41.8 Å². The quantitative estimate of drug-likeness (QED) is 0.631. The topological polar surface area (TPSA) is 29.0 Å². The summed E-state index contributed by atoms with van der Waals surface area (Å²) in [5, 5.41) is 1.11. The number of piperidine rings is 1. The summed E-state index contributed by atoms with van der Waals surface area (Å²) in [5.41, 5.74) is 2.30. The maximum absolute atomic E-state index is 4.63. The lowest BCUT2D eigenvalue weighted by Gasteiger charge is -2.21. The molecule has 0 spiro atoms. The van der Waals surface area contributed by atoms with E-state index in [1.54, 1.807) is 11.8 Å². The Morgan fingerprint density at radius 2 is 2.13 bits per heavy atom. The Balaban J connectivity index is 1.41.